The normalized spacial score (nSPS) is 17.1. The van der Waals surface area contributed by atoms with Gasteiger partial charge in [0.2, 0.25) is 11.8 Å². The number of aliphatic imine (C=N–C) groups is 1. The van der Waals surface area contributed by atoms with E-state index in [0.717, 1.165) is 5.56 Å². The minimum absolute atomic E-state index is 0.0912. The number of benzene rings is 1. The maximum absolute atomic E-state index is 12.9. The summed E-state index contributed by atoms with van der Waals surface area (Å²) in [6.07, 6.45) is 2.80. The van der Waals surface area contributed by atoms with Gasteiger partial charge in [0, 0.05) is 38.4 Å². The highest BCUT2D eigenvalue weighted by Crippen LogP contribution is 2.36. The predicted molar refractivity (Wildman–Crippen MR) is 151 cm³/mol. The van der Waals surface area contributed by atoms with Gasteiger partial charge in [-0.15, -0.1) is 0 Å². The van der Waals surface area contributed by atoms with Crippen LogP contribution < -0.4 is 10.6 Å². The molecule has 2 amide bonds. The summed E-state index contributed by atoms with van der Waals surface area (Å²) in [4.78, 5) is 53.9. The summed E-state index contributed by atoms with van der Waals surface area (Å²) >= 11 is 0. The minimum atomic E-state index is -1.15. The zero-order valence-electron chi connectivity index (χ0n) is 23.8. The van der Waals surface area contributed by atoms with Crippen LogP contribution in [0.2, 0.25) is 0 Å². The second kappa shape index (κ2) is 14.6. The molecule has 1 aliphatic rings. The molecule has 0 saturated carbocycles. The van der Waals surface area contributed by atoms with Crippen LogP contribution in [0.4, 0.5) is 0 Å². The molecule has 2 atom stereocenters. The number of aliphatic carboxylic acids is 1. The summed E-state index contributed by atoms with van der Waals surface area (Å²) in [6, 6.07) is 7.17. The van der Waals surface area contributed by atoms with E-state index in [0.29, 0.717) is 49.9 Å². The van der Waals surface area contributed by atoms with E-state index in [-0.39, 0.29) is 41.6 Å². The number of carbonyl (C=O) groups excluding carboxylic acids is 3. The lowest BCUT2D eigenvalue weighted by Crippen LogP contribution is -2.52. The van der Waals surface area contributed by atoms with Gasteiger partial charge in [0.1, 0.15) is 17.8 Å². The molecule has 9 nitrogen and oxygen atoms in total. The molecule has 0 fully saturated rings. The van der Waals surface area contributed by atoms with Gasteiger partial charge in [0.15, 0.2) is 5.78 Å². The second-order valence-electron chi connectivity index (χ2n) is 11.5. The Bertz CT molecular complexity index is 1090. The van der Waals surface area contributed by atoms with Gasteiger partial charge in [0.25, 0.3) is 0 Å². The average molecular weight is 542 g/mol. The van der Waals surface area contributed by atoms with Crippen molar-refractivity contribution in [3.8, 4) is 0 Å². The Morgan fingerprint density at radius 1 is 1.03 bits per heavy atom. The summed E-state index contributed by atoms with van der Waals surface area (Å²) in [7, 11) is 0. The summed E-state index contributed by atoms with van der Waals surface area (Å²) in [5.41, 5.74) is 1.49. The fourth-order valence-corrected chi connectivity index (χ4v) is 4.76. The third kappa shape index (κ3) is 10.7. The van der Waals surface area contributed by atoms with Crippen molar-refractivity contribution in [3.63, 3.8) is 0 Å². The van der Waals surface area contributed by atoms with E-state index < -0.39 is 24.0 Å². The summed E-state index contributed by atoms with van der Waals surface area (Å²) in [5, 5.41) is 25.5. The smallest absolute Gasteiger partial charge is 0.326 e. The van der Waals surface area contributed by atoms with Crippen molar-refractivity contribution in [2.75, 3.05) is 6.54 Å². The SMILES string of the molecule is CC(=O)N[C@@H](Cc1ccccc1)C(=O)N[C@@H](CCCCN=C(CC(C)C)C1=C(O)CC(C)(C)CC1=O)C(=O)O. The lowest BCUT2D eigenvalue weighted by atomic mass is 9.75. The summed E-state index contributed by atoms with van der Waals surface area (Å²) in [5.74, 6) is -1.85. The molecular formula is C30H43N3O6. The molecule has 0 unspecified atom stereocenters. The van der Waals surface area contributed by atoms with Crippen LogP contribution >= 0.6 is 0 Å². The van der Waals surface area contributed by atoms with Crippen molar-refractivity contribution >= 4 is 29.3 Å². The van der Waals surface area contributed by atoms with Crippen molar-refractivity contribution in [2.45, 2.75) is 91.6 Å². The highest BCUT2D eigenvalue weighted by molar-refractivity contribution is 6.23. The van der Waals surface area contributed by atoms with Crippen LogP contribution in [0.5, 0.6) is 0 Å². The van der Waals surface area contributed by atoms with E-state index in [9.17, 15) is 29.4 Å². The van der Waals surface area contributed by atoms with Crippen molar-refractivity contribution in [3.05, 3.63) is 47.2 Å². The quantitative estimate of drug-likeness (QED) is 0.206. The zero-order chi connectivity index (χ0) is 29.2. The monoisotopic (exact) mass is 541 g/mol. The van der Waals surface area contributed by atoms with E-state index >= 15 is 0 Å². The van der Waals surface area contributed by atoms with Crippen LogP contribution in [0.25, 0.3) is 0 Å². The van der Waals surface area contributed by atoms with Crippen molar-refractivity contribution in [2.24, 2.45) is 16.3 Å². The number of carboxylic acids is 1. The Hall–Kier alpha value is -3.49. The number of nitrogens with one attached hydrogen (secondary N) is 2. The van der Waals surface area contributed by atoms with Crippen molar-refractivity contribution < 1.29 is 29.4 Å². The molecule has 214 valence electrons. The number of rotatable bonds is 14. The molecule has 39 heavy (non-hydrogen) atoms. The molecule has 0 spiro atoms. The lowest BCUT2D eigenvalue weighted by Gasteiger charge is -2.30. The molecule has 1 aromatic carbocycles. The van der Waals surface area contributed by atoms with Crippen LogP contribution in [0.1, 0.15) is 78.7 Å². The molecule has 0 aromatic heterocycles. The number of Topliss-reactive ketones (excluding diaryl/α,β-unsaturated/α-hetero) is 1. The van der Waals surface area contributed by atoms with Crippen LogP contribution in [-0.4, -0.2) is 58.1 Å². The Kier molecular flexibility index (Phi) is 11.9. The largest absolute Gasteiger partial charge is 0.511 e. The zero-order valence-corrected chi connectivity index (χ0v) is 23.8. The molecule has 9 heteroatoms. The highest BCUT2D eigenvalue weighted by Gasteiger charge is 2.35. The van der Waals surface area contributed by atoms with Gasteiger partial charge >= 0.3 is 5.97 Å². The lowest BCUT2D eigenvalue weighted by molar-refractivity contribution is -0.142. The fourth-order valence-electron chi connectivity index (χ4n) is 4.76. The second-order valence-corrected chi connectivity index (χ2v) is 11.5. The number of hydrogen-bond donors (Lipinski definition) is 4. The number of hydrogen-bond acceptors (Lipinski definition) is 6. The number of ketones is 1. The van der Waals surface area contributed by atoms with E-state index in [1.165, 1.54) is 6.92 Å². The van der Waals surface area contributed by atoms with Crippen LogP contribution in [0.15, 0.2) is 46.7 Å². The van der Waals surface area contributed by atoms with Crippen LogP contribution in [0, 0.1) is 11.3 Å². The number of carbonyl (C=O) groups is 4. The third-order valence-electron chi connectivity index (χ3n) is 6.54. The Morgan fingerprint density at radius 2 is 1.69 bits per heavy atom. The predicted octanol–water partition coefficient (Wildman–Crippen LogP) is 4.16. The van der Waals surface area contributed by atoms with Gasteiger partial charge in [-0.05, 0) is 42.6 Å². The molecule has 1 aliphatic carbocycles. The molecule has 0 radical (unpaired) electrons. The molecule has 0 heterocycles. The van der Waals surface area contributed by atoms with E-state index in [1.54, 1.807) is 0 Å². The van der Waals surface area contributed by atoms with Gasteiger partial charge in [0.05, 0.1) is 5.57 Å². The molecule has 0 saturated heterocycles. The number of aliphatic hydroxyl groups is 1. The molecule has 1 aromatic rings. The van der Waals surface area contributed by atoms with Gasteiger partial charge in [-0.25, -0.2) is 4.79 Å². The fraction of sp³-hybridized carbons (Fsp3) is 0.567. The van der Waals surface area contributed by atoms with Gasteiger partial charge in [-0.1, -0.05) is 58.0 Å². The Labute approximate surface area is 231 Å². The van der Waals surface area contributed by atoms with E-state index in [1.807, 2.05) is 58.0 Å². The molecule has 4 N–H and O–H groups in total. The number of allylic oxidation sites excluding steroid dienone is 2. The van der Waals surface area contributed by atoms with Crippen molar-refractivity contribution in [1.29, 1.82) is 0 Å². The molecule has 0 bridgehead atoms. The Balaban J connectivity index is 2.01. The topological polar surface area (TPSA) is 145 Å². The first kappa shape index (κ1) is 31.7. The number of aliphatic hydroxyl groups excluding tert-OH is 1. The van der Waals surface area contributed by atoms with Crippen LogP contribution in [-0.2, 0) is 25.6 Å². The third-order valence-corrected chi connectivity index (χ3v) is 6.54. The number of carboxylic acid groups (broad SMARTS) is 1. The number of amides is 2. The molecule has 0 aliphatic heterocycles. The van der Waals surface area contributed by atoms with Gasteiger partial charge in [-0.2, -0.15) is 0 Å². The van der Waals surface area contributed by atoms with Crippen LogP contribution in [0.3, 0.4) is 0 Å². The Morgan fingerprint density at radius 3 is 2.26 bits per heavy atom. The first-order valence-corrected chi connectivity index (χ1v) is 13.6. The first-order chi connectivity index (χ1) is 18.3. The molecule has 2 rings (SSSR count). The van der Waals surface area contributed by atoms with Gasteiger partial charge < -0.3 is 20.8 Å². The summed E-state index contributed by atoms with van der Waals surface area (Å²) in [6.45, 7) is 9.64. The first-order valence-electron chi connectivity index (χ1n) is 13.6. The minimum Gasteiger partial charge on any atom is -0.511 e. The van der Waals surface area contributed by atoms with E-state index in [2.05, 4.69) is 15.6 Å². The average Bonchev–Trinajstić information content (AvgIpc) is 2.81. The summed E-state index contributed by atoms with van der Waals surface area (Å²) < 4.78 is 0. The maximum atomic E-state index is 12.9. The van der Waals surface area contributed by atoms with Crippen molar-refractivity contribution in [1.82, 2.24) is 10.6 Å². The standard InChI is InChI=1S/C30H43N3O6/c1-19(2)15-23(27-25(35)17-30(4,5)18-26(27)36)31-14-10-9-13-22(29(38)39)33-28(37)24(32-20(3)34)16-21-11-7-6-8-12-21/h6-8,11-12,19,22,24,35H,9-10,13-18H2,1-5H3,(H,32,34)(H,33,37)(H,38,39)/t22-,24-/m0/s1. The molecular weight excluding hydrogens is 498 g/mol. The number of unbranched alkanes of at least 4 members (excludes halogenated alkanes) is 1. The van der Waals surface area contributed by atoms with E-state index in [4.69, 9.17) is 0 Å². The maximum Gasteiger partial charge on any atom is 0.326 e. The highest BCUT2D eigenvalue weighted by atomic mass is 16.4. The number of nitrogens with zero attached hydrogens (tertiary/aromatic N) is 1. The van der Waals surface area contributed by atoms with Gasteiger partial charge in [-0.3, -0.25) is 19.4 Å².